The summed E-state index contributed by atoms with van der Waals surface area (Å²) in [6.45, 7) is 4.35. The Balaban J connectivity index is 1.24. The summed E-state index contributed by atoms with van der Waals surface area (Å²) in [4.78, 5) is 16.9. The molecule has 2 heterocycles. The molecular formula is C23H28N2O4. The second-order valence-corrected chi connectivity index (χ2v) is 7.37. The van der Waals surface area contributed by atoms with Gasteiger partial charge >= 0.3 is 0 Å². The van der Waals surface area contributed by atoms with Crippen LogP contribution in [0.5, 0.6) is 17.2 Å². The number of benzene rings is 2. The lowest BCUT2D eigenvalue weighted by Gasteiger charge is -2.36. The number of nitrogens with zero attached hydrogens (tertiary/aromatic N) is 2. The quantitative estimate of drug-likeness (QED) is 0.751. The van der Waals surface area contributed by atoms with Crippen LogP contribution in [0.25, 0.3) is 0 Å². The van der Waals surface area contributed by atoms with Crippen molar-refractivity contribution in [3.8, 4) is 17.2 Å². The monoisotopic (exact) mass is 396 g/mol. The third-order valence-corrected chi connectivity index (χ3v) is 5.52. The van der Waals surface area contributed by atoms with Crippen LogP contribution in [0.1, 0.15) is 18.4 Å². The van der Waals surface area contributed by atoms with E-state index in [4.69, 9.17) is 14.2 Å². The van der Waals surface area contributed by atoms with E-state index < -0.39 is 0 Å². The molecule has 0 bridgehead atoms. The summed E-state index contributed by atoms with van der Waals surface area (Å²) >= 11 is 0. The van der Waals surface area contributed by atoms with Gasteiger partial charge in [0.05, 0.1) is 12.8 Å². The molecular weight excluding hydrogens is 368 g/mol. The largest absolute Gasteiger partial charge is 0.495 e. The van der Waals surface area contributed by atoms with E-state index in [1.807, 2.05) is 35.2 Å². The summed E-state index contributed by atoms with van der Waals surface area (Å²) in [5.41, 5.74) is 2.28. The van der Waals surface area contributed by atoms with Gasteiger partial charge in [0.25, 0.3) is 0 Å². The van der Waals surface area contributed by atoms with Gasteiger partial charge < -0.3 is 24.0 Å². The first-order valence-corrected chi connectivity index (χ1v) is 10.3. The van der Waals surface area contributed by atoms with Crippen molar-refractivity contribution < 1.29 is 19.0 Å². The molecule has 0 aliphatic carbocycles. The zero-order chi connectivity index (χ0) is 20.1. The first-order valence-electron chi connectivity index (χ1n) is 10.3. The number of ether oxygens (including phenoxy) is 3. The van der Waals surface area contributed by atoms with Gasteiger partial charge in [-0.3, -0.25) is 4.79 Å². The van der Waals surface area contributed by atoms with Gasteiger partial charge in [-0.05, 0) is 42.7 Å². The fourth-order valence-corrected chi connectivity index (χ4v) is 3.93. The molecule has 0 N–H and O–H groups in total. The van der Waals surface area contributed by atoms with Crippen LogP contribution in [0.4, 0.5) is 5.69 Å². The molecule has 0 saturated carbocycles. The Labute approximate surface area is 172 Å². The highest BCUT2D eigenvalue weighted by atomic mass is 16.6. The van der Waals surface area contributed by atoms with E-state index in [0.717, 1.165) is 62.0 Å². The smallest absolute Gasteiger partial charge is 0.222 e. The number of carbonyl (C=O) groups is 1. The van der Waals surface area contributed by atoms with Crippen molar-refractivity contribution in [3.05, 3.63) is 48.0 Å². The summed E-state index contributed by atoms with van der Waals surface area (Å²) in [6, 6.07) is 14.1. The second-order valence-electron chi connectivity index (χ2n) is 7.37. The van der Waals surface area contributed by atoms with E-state index in [9.17, 15) is 4.79 Å². The van der Waals surface area contributed by atoms with Crippen LogP contribution in [-0.4, -0.2) is 57.3 Å². The molecule has 1 fully saturated rings. The molecule has 154 valence electrons. The molecule has 0 aromatic heterocycles. The van der Waals surface area contributed by atoms with Gasteiger partial charge in [0.2, 0.25) is 5.91 Å². The summed E-state index contributed by atoms with van der Waals surface area (Å²) in [5, 5.41) is 0. The molecule has 0 spiro atoms. The first kappa shape index (κ1) is 19.4. The molecule has 4 rings (SSSR count). The number of amides is 1. The van der Waals surface area contributed by atoms with E-state index in [-0.39, 0.29) is 5.91 Å². The van der Waals surface area contributed by atoms with Gasteiger partial charge in [-0.15, -0.1) is 0 Å². The number of rotatable bonds is 6. The second kappa shape index (κ2) is 9.07. The van der Waals surface area contributed by atoms with Gasteiger partial charge in [0.15, 0.2) is 11.5 Å². The SMILES string of the molecule is COc1ccccc1N1CCN(C(=O)CCCc2ccc3c(c2)OCCO3)CC1. The van der Waals surface area contributed by atoms with Gasteiger partial charge in [0.1, 0.15) is 19.0 Å². The number of methoxy groups -OCH3 is 1. The van der Waals surface area contributed by atoms with Gasteiger partial charge in [0, 0.05) is 32.6 Å². The Kier molecular flexibility index (Phi) is 6.08. The van der Waals surface area contributed by atoms with Crippen LogP contribution in [0.2, 0.25) is 0 Å². The average molecular weight is 396 g/mol. The summed E-state index contributed by atoms with van der Waals surface area (Å²) in [6.07, 6.45) is 2.28. The third-order valence-electron chi connectivity index (χ3n) is 5.52. The maximum atomic E-state index is 12.6. The Morgan fingerprint density at radius 2 is 1.76 bits per heavy atom. The third kappa shape index (κ3) is 4.58. The number of fused-ring (bicyclic) bond motifs is 1. The minimum absolute atomic E-state index is 0.238. The molecule has 6 heteroatoms. The van der Waals surface area contributed by atoms with Crippen molar-refractivity contribution in [2.45, 2.75) is 19.3 Å². The minimum atomic E-state index is 0.238. The zero-order valence-electron chi connectivity index (χ0n) is 16.9. The molecule has 6 nitrogen and oxygen atoms in total. The molecule has 29 heavy (non-hydrogen) atoms. The van der Waals surface area contributed by atoms with E-state index >= 15 is 0 Å². The molecule has 1 saturated heterocycles. The normalized spacial score (nSPS) is 15.9. The fraction of sp³-hybridized carbons (Fsp3) is 0.435. The van der Waals surface area contributed by atoms with Gasteiger partial charge in [-0.25, -0.2) is 0 Å². The number of hydrogen-bond acceptors (Lipinski definition) is 5. The van der Waals surface area contributed by atoms with Crippen LogP contribution >= 0.6 is 0 Å². The Morgan fingerprint density at radius 1 is 1.00 bits per heavy atom. The summed E-state index contributed by atoms with van der Waals surface area (Å²) in [5.74, 6) is 2.74. The standard InChI is InChI=1S/C23H28N2O4/c1-27-20-7-3-2-6-19(20)24-11-13-25(14-12-24)23(26)8-4-5-18-9-10-21-22(17-18)29-16-15-28-21/h2-3,6-7,9-10,17H,4-5,8,11-16H2,1H3. The van der Waals surface area contributed by atoms with Crippen molar-refractivity contribution in [3.63, 3.8) is 0 Å². The predicted octanol–water partition coefficient (Wildman–Crippen LogP) is 3.14. The number of aryl methyl sites for hydroxylation is 1. The van der Waals surface area contributed by atoms with Crippen LogP contribution in [0, 0.1) is 0 Å². The molecule has 2 aromatic carbocycles. The molecule has 0 atom stereocenters. The lowest BCUT2D eigenvalue weighted by atomic mass is 10.1. The van der Waals surface area contributed by atoms with Crippen molar-refractivity contribution in [1.29, 1.82) is 0 Å². The number of carbonyl (C=O) groups excluding carboxylic acids is 1. The van der Waals surface area contributed by atoms with Crippen LogP contribution in [0.15, 0.2) is 42.5 Å². The molecule has 0 radical (unpaired) electrons. The highest BCUT2D eigenvalue weighted by Gasteiger charge is 2.22. The Bertz CT molecular complexity index is 847. The maximum Gasteiger partial charge on any atom is 0.222 e. The van der Waals surface area contributed by atoms with Crippen LogP contribution < -0.4 is 19.1 Å². The fourth-order valence-electron chi connectivity index (χ4n) is 3.93. The zero-order valence-corrected chi connectivity index (χ0v) is 16.9. The molecule has 2 aliphatic rings. The molecule has 2 aliphatic heterocycles. The van der Waals surface area contributed by atoms with E-state index in [1.165, 1.54) is 5.56 Å². The Hall–Kier alpha value is -2.89. The number of piperazine rings is 1. The first-order chi connectivity index (χ1) is 14.2. The van der Waals surface area contributed by atoms with Crippen LogP contribution in [0.3, 0.4) is 0 Å². The van der Waals surface area contributed by atoms with Crippen molar-refractivity contribution >= 4 is 11.6 Å². The summed E-state index contributed by atoms with van der Waals surface area (Å²) in [7, 11) is 1.69. The number of anilines is 1. The minimum Gasteiger partial charge on any atom is -0.495 e. The summed E-state index contributed by atoms with van der Waals surface area (Å²) < 4.78 is 16.7. The number of hydrogen-bond donors (Lipinski definition) is 0. The van der Waals surface area contributed by atoms with E-state index in [0.29, 0.717) is 19.6 Å². The molecule has 1 amide bonds. The van der Waals surface area contributed by atoms with Gasteiger partial charge in [-0.2, -0.15) is 0 Å². The lowest BCUT2D eigenvalue weighted by molar-refractivity contribution is -0.131. The van der Waals surface area contributed by atoms with E-state index in [2.05, 4.69) is 17.0 Å². The lowest BCUT2D eigenvalue weighted by Crippen LogP contribution is -2.48. The van der Waals surface area contributed by atoms with Crippen LogP contribution in [-0.2, 0) is 11.2 Å². The average Bonchev–Trinajstić information content (AvgIpc) is 2.79. The predicted molar refractivity (Wildman–Crippen MR) is 112 cm³/mol. The Morgan fingerprint density at radius 3 is 2.55 bits per heavy atom. The number of para-hydroxylation sites is 2. The topological polar surface area (TPSA) is 51.2 Å². The highest BCUT2D eigenvalue weighted by molar-refractivity contribution is 5.76. The molecule has 0 unspecified atom stereocenters. The van der Waals surface area contributed by atoms with Crippen molar-refractivity contribution in [2.75, 3.05) is 51.4 Å². The van der Waals surface area contributed by atoms with Crippen molar-refractivity contribution in [1.82, 2.24) is 4.90 Å². The maximum absolute atomic E-state index is 12.6. The highest BCUT2D eigenvalue weighted by Crippen LogP contribution is 2.31. The van der Waals surface area contributed by atoms with E-state index in [1.54, 1.807) is 7.11 Å². The van der Waals surface area contributed by atoms with Crippen molar-refractivity contribution in [2.24, 2.45) is 0 Å². The van der Waals surface area contributed by atoms with Gasteiger partial charge in [-0.1, -0.05) is 18.2 Å². The molecule has 2 aromatic rings.